The Morgan fingerprint density at radius 2 is 1.94 bits per heavy atom. The number of hydrogen-bond donors (Lipinski definition) is 3. The molecule has 0 aliphatic carbocycles. The SMILES string of the molecule is O=CC(CC(=O)O)NC(=O)C1CCCN2C(=O)CCC(NC(=O)c3ccnc4ccccc34)C(=O)N12. The molecule has 2 fully saturated rings. The van der Waals surface area contributed by atoms with Crippen molar-refractivity contribution in [3.63, 3.8) is 0 Å². The summed E-state index contributed by atoms with van der Waals surface area (Å²) in [6.07, 6.45) is 1.84. The Labute approximate surface area is 205 Å². The van der Waals surface area contributed by atoms with Gasteiger partial charge in [-0.05, 0) is 31.4 Å². The average molecular weight is 495 g/mol. The number of pyridine rings is 1. The molecule has 12 nitrogen and oxygen atoms in total. The van der Waals surface area contributed by atoms with Crippen LogP contribution in [0.3, 0.4) is 0 Å². The normalized spacial score (nSPS) is 20.8. The summed E-state index contributed by atoms with van der Waals surface area (Å²) in [5, 5.41) is 16.9. The Balaban J connectivity index is 1.57. The molecule has 2 saturated heterocycles. The zero-order valence-corrected chi connectivity index (χ0v) is 19.3. The Kier molecular flexibility index (Phi) is 7.23. The number of fused-ring (bicyclic) bond motifs is 2. The largest absolute Gasteiger partial charge is 0.481 e. The number of nitrogens with zero attached hydrogens (tertiary/aromatic N) is 3. The average Bonchev–Trinajstić information content (AvgIpc) is 2.99. The summed E-state index contributed by atoms with van der Waals surface area (Å²) < 4.78 is 0. The van der Waals surface area contributed by atoms with Crippen LogP contribution in [-0.2, 0) is 24.0 Å². The van der Waals surface area contributed by atoms with E-state index >= 15 is 0 Å². The maximum atomic E-state index is 13.6. The molecule has 2 aliphatic heterocycles. The minimum absolute atomic E-state index is 0.0193. The van der Waals surface area contributed by atoms with E-state index in [0.717, 1.165) is 5.01 Å². The van der Waals surface area contributed by atoms with Gasteiger partial charge in [-0.1, -0.05) is 18.2 Å². The maximum Gasteiger partial charge on any atom is 0.305 e. The molecule has 2 aliphatic rings. The Morgan fingerprint density at radius 3 is 2.69 bits per heavy atom. The summed E-state index contributed by atoms with van der Waals surface area (Å²) in [4.78, 5) is 78.9. The first kappa shape index (κ1) is 24.8. The quantitative estimate of drug-likeness (QED) is 0.452. The van der Waals surface area contributed by atoms with Crippen LogP contribution < -0.4 is 10.6 Å². The highest BCUT2D eigenvalue weighted by Crippen LogP contribution is 2.25. The molecule has 4 amide bonds. The van der Waals surface area contributed by atoms with Crippen LogP contribution in [0.5, 0.6) is 0 Å². The van der Waals surface area contributed by atoms with Crippen LogP contribution in [-0.4, -0.2) is 80.7 Å². The fraction of sp³-hybridized carbons (Fsp3) is 0.375. The number of carboxylic acid groups (broad SMARTS) is 1. The smallest absolute Gasteiger partial charge is 0.305 e. The Hall–Kier alpha value is -4.35. The minimum Gasteiger partial charge on any atom is -0.481 e. The molecule has 3 unspecified atom stereocenters. The second-order valence-electron chi connectivity index (χ2n) is 8.65. The molecule has 4 rings (SSSR count). The van der Waals surface area contributed by atoms with Crippen LogP contribution in [0.4, 0.5) is 0 Å². The number of rotatable bonds is 7. The van der Waals surface area contributed by atoms with Gasteiger partial charge in [-0.2, -0.15) is 0 Å². The van der Waals surface area contributed by atoms with Gasteiger partial charge in [0.1, 0.15) is 18.4 Å². The summed E-state index contributed by atoms with van der Waals surface area (Å²) in [7, 11) is 0. The van der Waals surface area contributed by atoms with Crippen LogP contribution in [0.1, 0.15) is 42.5 Å². The molecule has 3 atom stereocenters. The van der Waals surface area contributed by atoms with Crippen molar-refractivity contribution in [1.29, 1.82) is 0 Å². The van der Waals surface area contributed by atoms with Crippen LogP contribution in [0.25, 0.3) is 10.9 Å². The number of para-hydroxylation sites is 1. The van der Waals surface area contributed by atoms with Gasteiger partial charge in [0.25, 0.3) is 11.8 Å². The third kappa shape index (κ3) is 5.02. The van der Waals surface area contributed by atoms with Gasteiger partial charge in [-0.25, -0.2) is 5.01 Å². The first-order valence-corrected chi connectivity index (χ1v) is 11.6. The molecule has 1 aromatic carbocycles. The molecule has 0 spiro atoms. The van der Waals surface area contributed by atoms with Crippen LogP contribution >= 0.6 is 0 Å². The topological polar surface area (TPSA) is 166 Å². The van der Waals surface area contributed by atoms with Gasteiger partial charge in [-0.3, -0.25) is 34.0 Å². The summed E-state index contributed by atoms with van der Waals surface area (Å²) in [5.74, 6) is -3.54. The van der Waals surface area contributed by atoms with E-state index in [1.807, 2.05) is 0 Å². The molecule has 188 valence electrons. The van der Waals surface area contributed by atoms with Crippen molar-refractivity contribution in [2.24, 2.45) is 0 Å². The van der Waals surface area contributed by atoms with Crippen LogP contribution in [0, 0.1) is 0 Å². The second kappa shape index (κ2) is 10.5. The molecule has 12 heteroatoms. The molecule has 3 N–H and O–H groups in total. The fourth-order valence-electron chi connectivity index (χ4n) is 4.54. The van der Waals surface area contributed by atoms with E-state index in [4.69, 9.17) is 5.11 Å². The summed E-state index contributed by atoms with van der Waals surface area (Å²) in [5.41, 5.74) is 0.925. The number of hydrogen-bond acceptors (Lipinski definition) is 7. The minimum atomic E-state index is -1.28. The lowest BCUT2D eigenvalue weighted by molar-refractivity contribution is -0.176. The van der Waals surface area contributed by atoms with E-state index < -0.39 is 48.2 Å². The van der Waals surface area contributed by atoms with Crippen molar-refractivity contribution in [3.8, 4) is 0 Å². The predicted molar refractivity (Wildman–Crippen MR) is 124 cm³/mol. The molecule has 1 aromatic heterocycles. The number of benzene rings is 1. The molecular formula is C24H25N5O7. The molecule has 0 saturated carbocycles. The molecule has 36 heavy (non-hydrogen) atoms. The first-order chi connectivity index (χ1) is 17.3. The lowest BCUT2D eigenvalue weighted by Gasteiger charge is -2.43. The van der Waals surface area contributed by atoms with E-state index in [0.29, 0.717) is 29.2 Å². The van der Waals surface area contributed by atoms with Gasteiger partial charge in [0.2, 0.25) is 11.8 Å². The van der Waals surface area contributed by atoms with Gasteiger partial charge >= 0.3 is 5.97 Å². The van der Waals surface area contributed by atoms with E-state index in [-0.39, 0.29) is 31.7 Å². The molecule has 0 bridgehead atoms. The van der Waals surface area contributed by atoms with Crippen molar-refractivity contribution >= 4 is 46.8 Å². The number of nitrogens with one attached hydrogen (secondary N) is 2. The highest BCUT2D eigenvalue weighted by Gasteiger charge is 2.45. The van der Waals surface area contributed by atoms with E-state index in [9.17, 15) is 28.8 Å². The van der Waals surface area contributed by atoms with Crippen LogP contribution in [0.2, 0.25) is 0 Å². The van der Waals surface area contributed by atoms with Crippen molar-refractivity contribution in [2.75, 3.05) is 6.54 Å². The zero-order chi connectivity index (χ0) is 25.8. The molecule has 3 heterocycles. The third-order valence-electron chi connectivity index (χ3n) is 6.25. The second-order valence-corrected chi connectivity index (χ2v) is 8.65. The van der Waals surface area contributed by atoms with Gasteiger partial charge in [-0.15, -0.1) is 0 Å². The number of aromatic nitrogens is 1. The maximum absolute atomic E-state index is 13.6. The Morgan fingerprint density at radius 1 is 1.17 bits per heavy atom. The van der Waals surface area contributed by atoms with Crippen LogP contribution in [0.15, 0.2) is 36.5 Å². The van der Waals surface area contributed by atoms with Gasteiger partial charge < -0.3 is 20.5 Å². The standard InChI is InChI=1S/C24H25N5O7/c30-13-14(12-21(32)33)26-23(35)19-6-3-11-28-20(31)8-7-18(24(36)29(19)28)27-22(34)16-9-10-25-17-5-2-1-4-15(16)17/h1-2,4-5,9-10,13-14,18-19H,3,6-8,11-12H2,(H,26,35)(H,27,34)(H,32,33). The van der Waals surface area contributed by atoms with Crippen molar-refractivity contribution in [2.45, 2.75) is 50.2 Å². The van der Waals surface area contributed by atoms with E-state index in [1.54, 1.807) is 24.3 Å². The van der Waals surface area contributed by atoms with E-state index in [1.165, 1.54) is 17.3 Å². The lowest BCUT2D eigenvalue weighted by Crippen LogP contribution is -2.64. The number of carboxylic acids is 1. The number of aldehydes is 1. The summed E-state index contributed by atoms with van der Waals surface area (Å²) >= 11 is 0. The fourth-order valence-corrected chi connectivity index (χ4v) is 4.54. The highest BCUT2D eigenvalue weighted by molar-refractivity contribution is 6.07. The van der Waals surface area contributed by atoms with E-state index in [2.05, 4.69) is 15.6 Å². The first-order valence-electron chi connectivity index (χ1n) is 11.6. The number of carbonyl (C=O) groups excluding carboxylic acids is 5. The van der Waals surface area contributed by atoms with Gasteiger partial charge in [0, 0.05) is 24.5 Å². The molecular weight excluding hydrogens is 470 g/mol. The van der Waals surface area contributed by atoms with Crippen molar-refractivity contribution in [3.05, 3.63) is 42.1 Å². The third-order valence-corrected chi connectivity index (χ3v) is 6.25. The van der Waals surface area contributed by atoms with Crippen molar-refractivity contribution in [1.82, 2.24) is 25.6 Å². The van der Waals surface area contributed by atoms with Gasteiger partial charge in [0.15, 0.2) is 0 Å². The lowest BCUT2D eigenvalue weighted by atomic mass is 10.0. The molecule has 0 radical (unpaired) electrons. The number of carbonyl (C=O) groups is 6. The zero-order valence-electron chi connectivity index (χ0n) is 19.3. The predicted octanol–water partition coefficient (Wildman–Crippen LogP) is 0.0200. The van der Waals surface area contributed by atoms with Gasteiger partial charge in [0.05, 0.1) is 23.5 Å². The Bertz CT molecular complexity index is 1230. The summed E-state index contributed by atoms with van der Waals surface area (Å²) in [6, 6.07) is 5.10. The van der Waals surface area contributed by atoms with Crippen molar-refractivity contribution < 1.29 is 33.9 Å². The summed E-state index contributed by atoms with van der Waals surface area (Å²) in [6.45, 7) is 0.218. The number of aliphatic carboxylic acids is 1. The number of hydrazine groups is 1. The molecule has 2 aromatic rings. The monoisotopic (exact) mass is 495 g/mol. The highest BCUT2D eigenvalue weighted by atomic mass is 16.4. The number of amides is 4.